The van der Waals surface area contributed by atoms with Crippen molar-refractivity contribution in [1.29, 1.82) is 0 Å². The number of hydrogen-bond donors (Lipinski definition) is 1. The molecule has 1 aliphatic carbocycles. The summed E-state index contributed by atoms with van der Waals surface area (Å²) in [5.74, 6) is -0.413. The van der Waals surface area contributed by atoms with Gasteiger partial charge in [0.2, 0.25) is 6.79 Å². The lowest BCUT2D eigenvalue weighted by Gasteiger charge is -2.19. The minimum absolute atomic E-state index is 0.0829. The van der Waals surface area contributed by atoms with Crippen molar-refractivity contribution in [2.75, 3.05) is 13.3 Å². The number of rotatable bonds is 5. The van der Waals surface area contributed by atoms with Gasteiger partial charge in [-0.05, 0) is 19.8 Å². The van der Waals surface area contributed by atoms with Crippen LogP contribution in [0.15, 0.2) is 0 Å². The summed E-state index contributed by atoms with van der Waals surface area (Å²) in [4.78, 5) is 22.5. The number of esters is 1. The molecule has 1 amide bonds. The fraction of sp³-hybridized carbons (Fsp3) is 0.750. The molecule has 1 rings (SSSR count). The molecule has 5 nitrogen and oxygen atoms in total. The van der Waals surface area contributed by atoms with Crippen LogP contribution >= 0.6 is 0 Å². The molecule has 6 heteroatoms. The summed E-state index contributed by atoms with van der Waals surface area (Å²) < 4.78 is 21.7. The van der Waals surface area contributed by atoms with Gasteiger partial charge in [0.15, 0.2) is 0 Å². The first-order chi connectivity index (χ1) is 8.59. The van der Waals surface area contributed by atoms with E-state index in [1.54, 1.807) is 0 Å². The second-order valence-corrected chi connectivity index (χ2v) is 4.33. The van der Waals surface area contributed by atoms with Crippen LogP contribution in [0.4, 0.5) is 9.18 Å². The van der Waals surface area contributed by atoms with Crippen molar-refractivity contribution in [3.63, 3.8) is 0 Å². The van der Waals surface area contributed by atoms with E-state index in [1.807, 2.05) is 0 Å². The lowest BCUT2D eigenvalue weighted by Crippen LogP contribution is -2.31. The van der Waals surface area contributed by atoms with Gasteiger partial charge in [-0.15, -0.1) is 0 Å². The molecule has 0 unspecified atom stereocenters. The molecule has 0 aliphatic heterocycles. The smallest absolute Gasteiger partial charge is 0.410 e. The molecule has 1 atom stereocenters. The van der Waals surface area contributed by atoms with Crippen LogP contribution in [-0.2, 0) is 14.3 Å². The maximum Gasteiger partial charge on any atom is 0.410 e. The summed E-state index contributed by atoms with van der Waals surface area (Å²) in [6, 6.07) is 0. The topological polar surface area (TPSA) is 64.6 Å². The summed E-state index contributed by atoms with van der Waals surface area (Å²) in [5, 5.41) is 2.15. The fourth-order valence-corrected chi connectivity index (χ4v) is 1.84. The molecule has 0 aromatic heterocycles. The number of halogens is 1. The quantitative estimate of drug-likeness (QED) is 0.606. The highest BCUT2D eigenvalue weighted by molar-refractivity contribution is 5.72. The molecule has 1 aliphatic rings. The molecular weight excluding hydrogens is 241 g/mol. The Balaban J connectivity index is 2.09. The first-order valence-electron chi connectivity index (χ1n) is 6.14. The SMILES string of the molecule is [CH2][C@H](F)CNC(=O)OCOC(=O)C1CCCCC1. The average Bonchev–Trinajstić information content (AvgIpc) is 2.37. The third-order valence-corrected chi connectivity index (χ3v) is 2.80. The first-order valence-corrected chi connectivity index (χ1v) is 6.14. The number of amides is 1. The van der Waals surface area contributed by atoms with Gasteiger partial charge in [-0.25, -0.2) is 9.18 Å². The minimum atomic E-state index is -1.39. The van der Waals surface area contributed by atoms with Gasteiger partial charge in [0.1, 0.15) is 6.17 Å². The summed E-state index contributed by atoms with van der Waals surface area (Å²) in [6.45, 7) is 2.40. The maximum absolute atomic E-state index is 12.3. The molecule has 103 valence electrons. The van der Waals surface area contributed by atoms with Gasteiger partial charge in [-0.1, -0.05) is 19.3 Å². The molecule has 0 aromatic rings. The van der Waals surface area contributed by atoms with Crippen molar-refractivity contribution < 1.29 is 23.5 Å². The third-order valence-electron chi connectivity index (χ3n) is 2.80. The Hall–Kier alpha value is -1.33. The lowest BCUT2D eigenvalue weighted by atomic mass is 9.89. The zero-order valence-corrected chi connectivity index (χ0v) is 10.3. The second-order valence-electron chi connectivity index (χ2n) is 4.33. The Morgan fingerprint density at radius 2 is 1.94 bits per heavy atom. The largest absolute Gasteiger partial charge is 0.428 e. The molecule has 0 saturated heterocycles. The number of nitrogens with one attached hydrogen (secondary N) is 1. The normalized spacial score (nSPS) is 17.9. The number of alkyl halides is 1. The van der Waals surface area contributed by atoms with Crippen LogP contribution in [0.5, 0.6) is 0 Å². The molecule has 1 saturated carbocycles. The van der Waals surface area contributed by atoms with E-state index < -0.39 is 19.1 Å². The van der Waals surface area contributed by atoms with E-state index in [9.17, 15) is 14.0 Å². The van der Waals surface area contributed by atoms with Crippen LogP contribution in [-0.4, -0.2) is 31.6 Å². The van der Waals surface area contributed by atoms with Crippen LogP contribution in [0.1, 0.15) is 32.1 Å². The predicted molar refractivity (Wildman–Crippen MR) is 62.3 cm³/mol. The fourth-order valence-electron chi connectivity index (χ4n) is 1.84. The Morgan fingerprint density at radius 1 is 1.28 bits per heavy atom. The molecule has 0 spiro atoms. The summed E-state index contributed by atoms with van der Waals surface area (Å²) >= 11 is 0. The zero-order chi connectivity index (χ0) is 13.4. The summed E-state index contributed by atoms with van der Waals surface area (Å²) in [6.07, 6.45) is 2.66. The first kappa shape index (κ1) is 14.7. The van der Waals surface area contributed by atoms with Crippen LogP contribution in [0.2, 0.25) is 0 Å². The highest BCUT2D eigenvalue weighted by atomic mass is 19.1. The standard InChI is InChI=1S/C12H19FNO4/c1-9(13)7-14-12(16)18-8-17-11(15)10-5-3-2-4-6-10/h9-10H,1-8H2,(H,14,16)/t9-/m0/s1. The van der Waals surface area contributed by atoms with Gasteiger partial charge in [0.25, 0.3) is 0 Å². The van der Waals surface area contributed by atoms with E-state index in [2.05, 4.69) is 17.0 Å². The van der Waals surface area contributed by atoms with E-state index in [0.29, 0.717) is 0 Å². The van der Waals surface area contributed by atoms with Gasteiger partial charge >= 0.3 is 12.1 Å². The number of ether oxygens (including phenoxy) is 2. The summed E-state index contributed by atoms with van der Waals surface area (Å²) in [7, 11) is 0. The summed E-state index contributed by atoms with van der Waals surface area (Å²) in [5.41, 5.74) is 0. The number of carbonyl (C=O) groups is 2. The molecule has 0 bridgehead atoms. The predicted octanol–water partition coefficient (Wildman–Crippen LogP) is 1.97. The van der Waals surface area contributed by atoms with Gasteiger partial charge in [-0.2, -0.15) is 0 Å². The van der Waals surface area contributed by atoms with E-state index in [4.69, 9.17) is 4.74 Å². The lowest BCUT2D eigenvalue weighted by molar-refractivity contribution is -0.157. The zero-order valence-electron chi connectivity index (χ0n) is 10.3. The Labute approximate surface area is 106 Å². The molecule has 0 heterocycles. The Kier molecular flexibility index (Phi) is 6.46. The molecule has 0 aromatic carbocycles. The number of carbonyl (C=O) groups excluding carboxylic acids is 2. The number of alkyl carbamates (subject to hydrolysis) is 1. The molecule has 18 heavy (non-hydrogen) atoms. The Morgan fingerprint density at radius 3 is 2.56 bits per heavy atom. The van der Waals surface area contributed by atoms with E-state index in [-0.39, 0.29) is 18.4 Å². The highest BCUT2D eigenvalue weighted by Gasteiger charge is 2.22. The van der Waals surface area contributed by atoms with Crippen molar-refractivity contribution in [3.8, 4) is 0 Å². The van der Waals surface area contributed by atoms with E-state index in [0.717, 1.165) is 32.1 Å². The van der Waals surface area contributed by atoms with Crippen molar-refractivity contribution in [2.45, 2.75) is 38.3 Å². The van der Waals surface area contributed by atoms with Crippen LogP contribution in [0, 0.1) is 12.8 Å². The molecule has 1 fully saturated rings. The maximum atomic E-state index is 12.3. The molecule has 1 radical (unpaired) electrons. The number of hydrogen-bond acceptors (Lipinski definition) is 4. The van der Waals surface area contributed by atoms with Crippen LogP contribution in [0.25, 0.3) is 0 Å². The van der Waals surface area contributed by atoms with Crippen molar-refractivity contribution >= 4 is 12.1 Å². The second kappa shape index (κ2) is 7.89. The van der Waals surface area contributed by atoms with Gasteiger partial charge in [0.05, 0.1) is 12.5 Å². The van der Waals surface area contributed by atoms with Gasteiger partial charge < -0.3 is 14.8 Å². The minimum Gasteiger partial charge on any atom is -0.428 e. The van der Waals surface area contributed by atoms with Crippen LogP contribution < -0.4 is 5.32 Å². The van der Waals surface area contributed by atoms with Crippen molar-refractivity contribution in [2.24, 2.45) is 5.92 Å². The van der Waals surface area contributed by atoms with Crippen molar-refractivity contribution in [1.82, 2.24) is 5.32 Å². The monoisotopic (exact) mass is 260 g/mol. The molecule has 1 N–H and O–H groups in total. The van der Waals surface area contributed by atoms with Gasteiger partial charge in [0, 0.05) is 0 Å². The third kappa shape index (κ3) is 5.84. The van der Waals surface area contributed by atoms with Crippen molar-refractivity contribution in [3.05, 3.63) is 6.92 Å². The van der Waals surface area contributed by atoms with Crippen LogP contribution in [0.3, 0.4) is 0 Å². The Bertz CT molecular complexity index is 277. The highest BCUT2D eigenvalue weighted by Crippen LogP contribution is 2.24. The van der Waals surface area contributed by atoms with E-state index >= 15 is 0 Å². The van der Waals surface area contributed by atoms with E-state index in [1.165, 1.54) is 0 Å². The van der Waals surface area contributed by atoms with Gasteiger partial charge in [-0.3, -0.25) is 4.79 Å². The average molecular weight is 260 g/mol. The molecular formula is C12H19FNO4.